The number of carbonyl (C=O) groups is 1. The van der Waals surface area contributed by atoms with Crippen molar-refractivity contribution in [3.63, 3.8) is 0 Å². The molecule has 164 valence electrons. The minimum absolute atomic E-state index is 0.0579. The molecule has 3 heterocycles. The lowest BCUT2D eigenvalue weighted by Crippen LogP contribution is -2.31. The zero-order valence-electron chi connectivity index (χ0n) is 15.9. The number of hydrogen-bond acceptors (Lipinski definition) is 6. The van der Waals surface area contributed by atoms with Crippen molar-refractivity contribution >= 4 is 29.2 Å². The van der Waals surface area contributed by atoms with Gasteiger partial charge < -0.3 is 15.0 Å². The predicted octanol–water partition coefficient (Wildman–Crippen LogP) is 3.94. The third kappa shape index (κ3) is 5.69. The lowest BCUT2D eigenvalue weighted by Gasteiger charge is -2.15. The van der Waals surface area contributed by atoms with E-state index >= 15 is 0 Å². The van der Waals surface area contributed by atoms with E-state index in [9.17, 15) is 23.1 Å². The van der Waals surface area contributed by atoms with Crippen LogP contribution in [0, 0.1) is 0 Å². The number of nitrogens with one attached hydrogen (secondary N) is 1. The Morgan fingerprint density at radius 2 is 2.00 bits per heavy atom. The van der Waals surface area contributed by atoms with Gasteiger partial charge in [-0.15, -0.1) is 0 Å². The summed E-state index contributed by atoms with van der Waals surface area (Å²) in [5, 5.41) is 12.6. The highest BCUT2D eigenvalue weighted by Gasteiger charge is 2.32. The number of aromatic nitrogens is 5. The fraction of sp³-hybridized carbons (Fsp3) is 0.278. The maximum Gasteiger partial charge on any atom is 0.433 e. The molecule has 1 unspecified atom stereocenters. The van der Waals surface area contributed by atoms with Gasteiger partial charge in [-0.25, -0.2) is 24.7 Å². The molecule has 31 heavy (non-hydrogen) atoms. The fourth-order valence-electron chi connectivity index (χ4n) is 2.74. The van der Waals surface area contributed by atoms with Crippen LogP contribution in [-0.2, 0) is 19.3 Å². The van der Waals surface area contributed by atoms with Crippen molar-refractivity contribution < 1.29 is 23.1 Å². The molecule has 0 saturated heterocycles. The molecule has 0 fully saturated rings. The van der Waals surface area contributed by atoms with E-state index < -0.39 is 17.8 Å². The summed E-state index contributed by atoms with van der Waals surface area (Å²) in [6.07, 6.45) is -1.80. The summed E-state index contributed by atoms with van der Waals surface area (Å²) in [5.41, 5.74) is -0.406. The van der Waals surface area contributed by atoms with Gasteiger partial charge in [0.2, 0.25) is 11.1 Å². The van der Waals surface area contributed by atoms with Crippen LogP contribution < -0.4 is 5.32 Å². The number of carboxylic acids is 1. The van der Waals surface area contributed by atoms with Crippen LogP contribution in [0.3, 0.4) is 0 Å². The largest absolute Gasteiger partial charge is 0.475 e. The van der Waals surface area contributed by atoms with Crippen LogP contribution in [-0.4, -0.2) is 41.6 Å². The quantitative estimate of drug-likeness (QED) is 0.499. The number of hydrogen-bond donors (Lipinski definition) is 2. The van der Waals surface area contributed by atoms with E-state index in [4.69, 9.17) is 23.2 Å². The molecule has 2 N–H and O–H groups in total. The monoisotopic (exact) mass is 474 g/mol. The van der Waals surface area contributed by atoms with E-state index in [1.54, 1.807) is 6.92 Å². The molecular formula is C18H15Cl2F3N6O2. The smallest absolute Gasteiger partial charge is 0.433 e. The van der Waals surface area contributed by atoms with Gasteiger partial charge in [0.15, 0.2) is 0 Å². The highest BCUT2D eigenvalue weighted by Crippen LogP contribution is 2.28. The van der Waals surface area contributed by atoms with Crippen LogP contribution in [0.4, 0.5) is 13.2 Å². The van der Waals surface area contributed by atoms with Gasteiger partial charge in [0.25, 0.3) is 0 Å². The molecule has 0 aliphatic heterocycles. The summed E-state index contributed by atoms with van der Waals surface area (Å²) in [6, 6.07) is 3.30. The van der Waals surface area contributed by atoms with E-state index in [1.165, 1.54) is 29.1 Å². The van der Waals surface area contributed by atoms with E-state index in [0.717, 1.165) is 6.07 Å². The first-order valence-corrected chi connectivity index (χ1v) is 9.55. The van der Waals surface area contributed by atoms with Crippen LogP contribution in [0.25, 0.3) is 11.4 Å². The van der Waals surface area contributed by atoms with E-state index in [-0.39, 0.29) is 52.3 Å². The summed E-state index contributed by atoms with van der Waals surface area (Å²) in [4.78, 5) is 27.0. The molecule has 0 aliphatic rings. The molecule has 13 heteroatoms. The molecule has 1 atom stereocenters. The molecular weight excluding hydrogens is 460 g/mol. The zero-order chi connectivity index (χ0) is 22.8. The van der Waals surface area contributed by atoms with Gasteiger partial charge >= 0.3 is 12.1 Å². The van der Waals surface area contributed by atoms with Gasteiger partial charge in [0.1, 0.15) is 17.1 Å². The fourth-order valence-corrected chi connectivity index (χ4v) is 3.06. The standard InChI is InChI=1S/C18H15Cl2F3N6O2/c1-9(24-5-10-3-2-4-13(26-10)18(21,22)23)7-29-8-12(27-15(29)16(30)31)14-11(19)6-25-17(20)28-14/h2-4,6,8-9,24H,5,7H2,1H3,(H,30,31). The molecule has 0 aromatic carbocycles. The van der Waals surface area contributed by atoms with Crippen molar-refractivity contribution in [2.75, 3.05) is 0 Å². The lowest BCUT2D eigenvalue weighted by atomic mass is 10.2. The molecule has 3 rings (SSSR count). The maximum absolute atomic E-state index is 12.8. The van der Waals surface area contributed by atoms with Crippen molar-refractivity contribution in [3.8, 4) is 11.4 Å². The maximum atomic E-state index is 12.8. The number of pyridine rings is 1. The molecule has 0 spiro atoms. The van der Waals surface area contributed by atoms with Crippen molar-refractivity contribution in [2.45, 2.75) is 32.2 Å². The van der Waals surface area contributed by atoms with Crippen molar-refractivity contribution in [3.05, 3.63) is 58.1 Å². The topological polar surface area (TPSA) is 106 Å². The zero-order valence-corrected chi connectivity index (χ0v) is 17.4. The molecule has 0 amide bonds. The minimum Gasteiger partial charge on any atom is -0.475 e. The van der Waals surface area contributed by atoms with Crippen LogP contribution in [0.15, 0.2) is 30.6 Å². The second-order valence-corrected chi connectivity index (χ2v) is 7.28. The van der Waals surface area contributed by atoms with Crippen LogP contribution in [0.2, 0.25) is 10.3 Å². The van der Waals surface area contributed by atoms with Crippen molar-refractivity contribution in [1.82, 2.24) is 29.8 Å². The Balaban J connectivity index is 1.75. The van der Waals surface area contributed by atoms with Crippen molar-refractivity contribution in [2.24, 2.45) is 0 Å². The number of nitrogens with zero attached hydrogens (tertiary/aromatic N) is 5. The Labute approximate surface area is 184 Å². The Morgan fingerprint density at radius 3 is 2.68 bits per heavy atom. The SMILES string of the molecule is CC(Cn1cc(-c2nc(Cl)ncc2Cl)nc1C(=O)O)NCc1cccc(C(F)(F)F)n1. The average Bonchev–Trinajstić information content (AvgIpc) is 3.11. The third-order valence-corrected chi connectivity index (χ3v) is 4.58. The summed E-state index contributed by atoms with van der Waals surface area (Å²) in [5.74, 6) is -1.53. The second kappa shape index (κ2) is 9.16. The van der Waals surface area contributed by atoms with Crippen LogP contribution in [0.1, 0.15) is 28.9 Å². The summed E-state index contributed by atoms with van der Waals surface area (Å²) in [7, 11) is 0. The van der Waals surface area contributed by atoms with Crippen LogP contribution in [0.5, 0.6) is 0 Å². The van der Waals surface area contributed by atoms with Gasteiger partial charge in [-0.3, -0.25) is 0 Å². The summed E-state index contributed by atoms with van der Waals surface area (Å²) in [6.45, 7) is 1.96. The van der Waals surface area contributed by atoms with Crippen molar-refractivity contribution in [1.29, 1.82) is 0 Å². The molecule has 0 aliphatic carbocycles. The molecule has 0 bridgehead atoms. The average molecular weight is 475 g/mol. The molecule has 0 saturated carbocycles. The highest BCUT2D eigenvalue weighted by molar-refractivity contribution is 6.33. The van der Waals surface area contributed by atoms with Crippen LogP contribution >= 0.6 is 23.2 Å². The Morgan fingerprint density at radius 1 is 1.26 bits per heavy atom. The number of rotatable bonds is 7. The van der Waals surface area contributed by atoms with Gasteiger partial charge in [-0.1, -0.05) is 17.7 Å². The molecule has 8 nitrogen and oxygen atoms in total. The van der Waals surface area contributed by atoms with E-state index in [2.05, 4.69) is 25.3 Å². The molecule has 3 aromatic rings. The minimum atomic E-state index is -4.53. The van der Waals surface area contributed by atoms with E-state index in [1.807, 2.05) is 0 Å². The molecule has 0 radical (unpaired) electrons. The summed E-state index contributed by atoms with van der Waals surface area (Å²) < 4.78 is 39.8. The second-order valence-electron chi connectivity index (χ2n) is 6.54. The predicted molar refractivity (Wildman–Crippen MR) is 106 cm³/mol. The highest BCUT2D eigenvalue weighted by atomic mass is 35.5. The first-order valence-electron chi connectivity index (χ1n) is 8.80. The first kappa shape index (κ1) is 22.9. The number of carboxylic acid groups (broad SMARTS) is 1. The number of aromatic carboxylic acids is 1. The number of halogens is 5. The van der Waals surface area contributed by atoms with Gasteiger partial charge in [0, 0.05) is 25.3 Å². The van der Waals surface area contributed by atoms with Gasteiger partial charge in [0.05, 0.1) is 16.9 Å². The van der Waals surface area contributed by atoms with Gasteiger partial charge in [-0.2, -0.15) is 13.2 Å². The van der Waals surface area contributed by atoms with Gasteiger partial charge in [-0.05, 0) is 30.7 Å². The molecule has 3 aromatic heterocycles. The number of imidazole rings is 1. The van der Waals surface area contributed by atoms with E-state index in [0.29, 0.717) is 0 Å². The Hall–Kier alpha value is -2.76. The Kier molecular flexibility index (Phi) is 6.77. The third-order valence-electron chi connectivity index (χ3n) is 4.12. The number of alkyl halides is 3. The normalized spacial score (nSPS) is 12.7. The lowest BCUT2D eigenvalue weighted by molar-refractivity contribution is -0.141. The summed E-state index contributed by atoms with van der Waals surface area (Å²) >= 11 is 11.8. The first-order chi connectivity index (χ1) is 14.5. The Bertz CT molecular complexity index is 1110.